The van der Waals surface area contributed by atoms with Crippen LogP contribution in [0.4, 0.5) is 0 Å². The molecule has 0 amide bonds. The molecule has 0 aromatic carbocycles. The second-order valence-corrected chi connectivity index (χ2v) is 7.80. The largest absolute Gasteiger partial charge is 0.312 e. The van der Waals surface area contributed by atoms with Gasteiger partial charge >= 0.3 is 0 Å². The number of hydrogen-bond acceptors (Lipinski definition) is 4. The number of aryl methyl sites for hydroxylation is 1. The Hall–Kier alpha value is -0.390. The van der Waals surface area contributed by atoms with E-state index in [0.29, 0.717) is 5.75 Å². The van der Waals surface area contributed by atoms with Gasteiger partial charge in [-0.05, 0) is 43.3 Å². The van der Waals surface area contributed by atoms with Gasteiger partial charge in [-0.3, -0.25) is 0 Å². The zero-order valence-corrected chi connectivity index (χ0v) is 13.0. The number of hydrogen-bond donors (Lipinski definition) is 1. The molecule has 18 heavy (non-hydrogen) atoms. The molecule has 0 spiro atoms. The second kappa shape index (κ2) is 7.26. The fourth-order valence-corrected chi connectivity index (χ4v) is 4.04. The van der Waals surface area contributed by atoms with Gasteiger partial charge in [-0.15, -0.1) is 11.3 Å². The minimum atomic E-state index is -2.83. The Bertz CT molecular complexity index is 451. The fourth-order valence-electron chi connectivity index (χ4n) is 2.00. The van der Waals surface area contributed by atoms with Gasteiger partial charge in [0, 0.05) is 16.7 Å². The predicted molar refractivity (Wildman–Crippen MR) is 79.1 cm³/mol. The maximum Gasteiger partial charge on any atom is 0.150 e. The molecular formula is C13H23NO2S2. The van der Waals surface area contributed by atoms with Crippen LogP contribution in [-0.2, 0) is 16.3 Å². The van der Waals surface area contributed by atoms with Gasteiger partial charge in [0.15, 0.2) is 0 Å². The van der Waals surface area contributed by atoms with Crippen molar-refractivity contribution >= 4 is 21.2 Å². The number of nitrogens with one attached hydrogen (secondary N) is 1. The van der Waals surface area contributed by atoms with E-state index in [1.807, 2.05) is 7.05 Å². The lowest BCUT2D eigenvalue weighted by atomic mass is 10.1. The zero-order chi connectivity index (χ0) is 13.6. The zero-order valence-electron chi connectivity index (χ0n) is 11.4. The van der Waals surface area contributed by atoms with E-state index >= 15 is 0 Å². The third-order valence-corrected chi connectivity index (χ3v) is 6.08. The average molecular weight is 289 g/mol. The number of thiophene rings is 1. The van der Waals surface area contributed by atoms with Gasteiger partial charge < -0.3 is 5.32 Å². The first kappa shape index (κ1) is 15.7. The fraction of sp³-hybridized carbons (Fsp3) is 0.692. The van der Waals surface area contributed by atoms with E-state index in [1.165, 1.54) is 10.4 Å². The molecule has 3 nitrogen and oxygen atoms in total. The molecular weight excluding hydrogens is 266 g/mol. The molecule has 1 heterocycles. The third-order valence-electron chi connectivity index (χ3n) is 3.21. The van der Waals surface area contributed by atoms with Crippen molar-refractivity contribution in [3.63, 3.8) is 0 Å². The van der Waals surface area contributed by atoms with Crippen molar-refractivity contribution in [1.29, 1.82) is 0 Å². The first-order valence-corrected chi connectivity index (χ1v) is 9.18. The smallest absolute Gasteiger partial charge is 0.150 e. The van der Waals surface area contributed by atoms with Crippen LogP contribution in [0.2, 0.25) is 0 Å². The molecule has 1 N–H and O–H groups in total. The minimum absolute atomic E-state index is 0.246. The quantitative estimate of drug-likeness (QED) is 0.800. The summed E-state index contributed by atoms with van der Waals surface area (Å²) in [5, 5.41) is 5.41. The Morgan fingerprint density at radius 3 is 2.67 bits per heavy atom. The second-order valence-electron chi connectivity index (χ2n) is 4.38. The standard InChI is InChI=1S/C13H23NO2S2/c1-4-11-8-9-17-13(11)12(14-3)7-6-10-18(15,16)5-2/h8-9,12,14H,4-7,10H2,1-3H3. The van der Waals surface area contributed by atoms with Crippen LogP contribution in [0, 0.1) is 0 Å². The lowest BCUT2D eigenvalue weighted by Gasteiger charge is -2.16. The highest BCUT2D eigenvalue weighted by atomic mass is 32.2. The van der Waals surface area contributed by atoms with Gasteiger partial charge in [-0.2, -0.15) is 0 Å². The summed E-state index contributed by atoms with van der Waals surface area (Å²) in [6.45, 7) is 3.86. The average Bonchev–Trinajstić information content (AvgIpc) is 2.82. The highest BCUT2D eigenvalue weighted by Gasteiger charge is 2.15. The van der Waals surface area contributed by atoms with E-state index in [-0.39, 0.29) is 11.8 Å². The summed E-state index contributed by atoms with van der Waals surface area (Å²) < 4.78 is 22.9. The summed E-state index contributed by atoms with van der Waals surface area (Å²) in [7, 11) is -0.890. The van der Waals surface area contributed by atoms with Crippen molar-refractivity contribution in [2.24, 2.45) is 0 Å². The molecule has 0 saturated heterocycles. The summed E-state index contributed by atoms with van der Waals surface area (Å²) in [6, 6.07) is 2.44. The van der Waals surface area contributed by atoms with Crippen LogP contribution in [0.5, 0.6) is 0 Å². The van der Waals surface area contributed by atoms with Gasteiger partial charge in [0.1, 0.15) is 9.84 Å². The SMILES string of the molecule is CCc1ccsc1C(CCCS(=O)(=O)CC)NC. The molecule has 0 aliphatic heterocycles. The predicted octanol–water partition coefficient (Wildman–Crippen LogP) is 2.79. The molecule has 0 fully saturated rings. The Morgan fingerprint density at radius 1 is 1.39 bits per heavy atom. The van der Waals surface area contributed by atoms with Gasteiger partial charge in [-0.1, -0.05) is 13.8 Å². The summed E-state index contributed by atoms with van der Waals surface area (Å²) >= 11 is 1.76. The van der Waals surface area contributed by atoms with Crippen molar-refractivity contribution in [2.75, 3.05) is 18.6 Å². The summed E-state index contributed by atoms with van der Waals surface area (Å²) in [5.41, 5.74) is 1.37. The van der Waals surface area contributed by atoms with E-state index in [1.54, 1.807) is 18.3 Å². The van der Waals surface area contributed by atoms with E-state index < -0.39 is 9.84 Å². The Balaban J connectivity index is 2.58. The molecule has 5 heteroatoms. The topological polar surface area (TPSA) is 46.2 Å². The molecule has 1 unspecified atom stereocenters. The molecule has 1 aromatic rings. The van der Waals surface area contributed by atoms with Crippen molar-refractivity contribution < 1.29 is 8.42 Å². The van der Waals surface area contributed by atoms with Crippen LogP contribution in [0.3, 0.4) is 0 Å². The first-order valence-electron chi connectivity index (χ1n) is 6.48. The normalized spacial score (nSPS) is 13.7. The van der Waals surface area contributed by atoms with Crippen LogP contribution < -0.4 is 5.32 Å². The van der Waals surface area contributed by atoms with Crippen molar-refractivity contribution in [3.8, 4) is 0 Å². The minimum Gasteiger partial charge on any atom is -0.312 e. The van der Waals surface area contributed by atoms with Crippen LogP contribution >= 0.6 is 11.3 Å². The molecule has 0 radical (unpaired) electrons. The van der Waals surface area contributed by atoms with Gasteiger partial charge in [0.25, 0.3) is 0 Å². The van der Waals surface area contributed by atoms with E-state index in [2.05, 4.69) is 23.7 Å². The maximum absolute atomic E-state index is 11.5. The Kier molecular flexibility index (Phi) is 6.32. The molecule has 0 aliphatic rings. The van der Waals surface area contributed by atoms with Crippen LogP contribution in [0.15, 0.2) is 11.4 Å². The third kappa shape index (κ3) is 4.37. The lowest BCUT2D eigenvalue weighted by Crippen LogP contribution is -2.18. The maximum atomic E-state index is 11.5. The summed E-state index contributed by atoms with van der Waals surface area (Å²) in [6.07, 6.45) is 2.64. The first-order chi connectivity index (χ1) is 8.54. The summed E-state index contributed by atoms with van der Waals surface area (Å²) in [4.78, 5) is 1.36. The van der Waals surface area contributed by atoms with Crippen LogP contribution in [-0.4, -0.2) is 27.0 Å². The van der Waals surface area contributed by atoms with Crippen LogP contribution in [0.25, 0.3) is 0 Å². The lowest BCUT2D eigenvalue weighted by molar-refractivity contribution is 0.539. The number of rotatable bonds is 8. The highest BCUT2D eigenvalue weighted by molar-refractivity contribution is 7.91. The Morgan fingerprint density at radius 2 is 2.11 bits per heavy atom. The van der Waals surface area contributed by atoms with E-state index in [0.717, 1.165) is 19.3 Å². The number of sulfone groups is 1. The molecule has 104 valence electrons. The van der Waals surface area contributed by atoms with E-state index in [4.69, 9.17) is 0 Å². The van der Waals surface area contributed by atoms with Gasteiger partial charge in [0.05, 0.1) is 5.75 Å². The summed E-state index contributed by atoms with van der Waals surface area (Å²) in [5.74, 6) is 0.547. The molecule has 1 atom stereocenters. The molecule has 1 aromatic heterocycles. The van der Waals surface area contributed by atoms with Crippen molar-refractivity contribution in [1.82, 2.24) is 5.32 Å². The van der Waals surface area contributed by atoms with Crippen molar-refractivity contribution in [3.05, 3.63) is 21.9 Å². The monoisotopic (exact) mass is 289 g/mol. The molecule has 0 aliphatic carbocycles. The van der Waals surface area contributed by atoms with Crippen LogP contribution in [0.1, 0.15) is 43.2 Å². The molecule has 0 saturated carbocycles. The van der Waals surface area contributed by atoms with Crippen molar-refractivity contribution in [2.45, 2.75) is 39.2 Å². The van der Waals surface area contributed by atoms with E-state index in [9.17, 15) is 8.42 Å². The van der Waals surface area contributed by atoms with Gasteiger partial charge in [0.2, 0.25) is 0 Å². The molecule has 1 rings (SSSR count). The Labute approximate surface area is 115 Å². The highest BCUT2D eigenvalue weighted by Crippen LogP contribution is 2.28. The molecule has 0 bridgehead atoms. The van der Waals surface area contributed by atoms with Gasteiger partial charge in [-0.25, -0.2) is 8.42 Å².